The summed E-state index contributed by atoms with van der Waals surface area (Å²) < 4.78 is 0. The number of carboxylic acid groups (broad SMARTS) is 2. The minimum atomic E-state index is -1.26. The molecule has 0 heterocycles. The summed E-state index contributed by atoms with van der Waals surface area (Å²) in [6.45, 7) is 0. The molecule has 0 rings (SSSR count). The Hall–Kier alpha value is 0.0303. The number of hydrogen-bond acceptors (Lipinski definition) is 3. The maximum Gasteiger partial charge on any atom is 0.302 e. The molecule has 0 bridgehead atoms. The van der Waals surface area contributed by atoms with Crippen molar-refractivity contribution in [1.29, 1.82) is 0 Å². The van der Waals surface area contributed by atoms with Crippen LogP contribution in [0.3, 0.4) is 0 Å². The van der Waals surface area contributed by atoms with Gasteiger partial charge in [0.25, 0.3) is 5.97 Å². The molecule has 2 N–H and O–H groups in total. The molecule has 0 fully saturated rings. The Labute approximate surface area is 78.5 Å². The molecule has 1 atom stereocenters. The van der Waals surface area contributed by atoms with Gasteiger partial charge in [-0.25, -0.2) is 0 Å². The molecule has 6 heteroatoms. The second-order valence-corrected chi connectivity index (χ2v) is 1.99. The standard InChI is InChI=1S/C4H6O4S.Au/c5-3(6)1-2(9)4(7)8;/h2,9H,1H2,(H,5,6)(H,7,8);/p-1/t2-;/m0./s1. The van der Waals surface area contributed by atoms with Gasteiger partial charge in [-0.1, -0.05) is 5.25 Å². The van der Waals surface area contributed by atoms with Crippen LogP contribution in [0.15, 0.2) is 0 Å². The van der Waals surface area contributed by atoms with Crippen LogP contribution in [0.5, 0.6) is 0 Å². The topological polar surface area (TPSA) is 74.6 Å². The number of aliphatic carboxylic acids is 2. The molecule has 1 radical (unpaired) electrons. The third kappa shape index (κ3) is 6.15. The summed E-state index contributed by atoms with van der Waals surface area (Å²) in [5.41, 5.74) is 0. The fourth-order valence-corrected chi connectivity index (χ4v) is 0.388. The summed E-state index contributed by atoms with van der Waals surface area (Å²) in [4.78, 5) is 19.7. The van der Waals surface area contributed by atoms with E-state index in [9.17, 15) is 9.59 Å². The molecule has 0 aromatic heterocycles. The molecular formula is C4H5AuO4S-. The van der Waals surface area contributed by atoms with Crippen molar-refractivity contribution in [2.24, 2.45) is 0 Å². The number of carboxylic acids is 2. The Morgan fingerprint density at radius 1 is 1.40 bits per heavy atom. The average Bonchev–Trinajstić information content (AvgIpc) is 1.63. The summed E-state index contributed by atoms with van der Waals surface area (Å²) in [5, 5.41) is 14.9. The Bertz CT molecular complexity index is 137. The largest absolute Gasteiger partial charge is 0.778 e. The molecule has 0 saturated heterocycles. The zero-order valence-electron chi connectivity index (χ0n) is 4.71. The van der Waals surface area contributed by atoms with Crippen LogP contribution < -0.4 is 0 Å². The van der Waals surface area contributed by atoms with Crippen molar-refractivity contribution >= 4 is 24.6 Å². The smallest absolute Gasteiger partial charge is 0.302 e. The average molecular weight is 346 g/mol. The zero-order chi connectivity index (χ0) is 7.44. The molecule has 10 heavy (non-hydrogen) atoms. The van der Waals surface area contributed by atoms with Gasteiger partial charge in [0, 0.05) is 28.8 Å². The van der Waals surface area contributed by atoms with Crippen molar-refractivity contribution < 1.29 is 42.2 Å². The predicted molar refractivity (Wildman–Crippen MR) is 31.0 cm³/mol. The number of carbonyl (C=O) groups is 2. The first-order valence-corrected chi connectivity index (χ1v) is 2.61. The van der Waals surface area contributed by atoms with Gasteiger partial charge in [-0.3, -0.25) is 9.59 Å². The van der Waals surface area contributed by atoms with Gasteiger partial charge in [0.1, 0.15) is 0 Å². The van der Waals surface area contributed by atoms with Crippen LogP contribution in [0.2, 0.25) is 0 Å². The summed E-state index contributed by atoms with van der Waals surface area (Å²) in [6, 6.07) is 0. The van der Waals surface area contributed by atoms with Gasteiger partial charge in [0.05, 0.1) is 0 Å². The van der Waals surface area contributed by atoms with Gasteiger partial charge in [0.2, 0.25) is 0 Å². The first-order valence-electron chi connectivity index (χ1n) is 2.14. The van der Waals surface area contributed by atoms with Crippen molar-refractivity contribution in [3.63, 3.8) is 0 Å². The Balaban J connectivity index is 0. The molecule has 0 aromatic carbocycles. The molecule has 0 saturated carbocycles. The van der Waals surface area contributed by atoms with Crippen LogP contribution in [0.4, 0.5) is 0 Å². The first-order chi connectivity index (χ1) is 4.04. The van der Waals surface area contributed by atoms with E-state index in [4.69, 9.17) is 10.2 Å². The van der Waals surface area contributed by atoms with Gasteiger partial charge in [-0.15, -0.1) is 0 Å². The molecule has 63 valence electrons. The number of hydrogen-bond donors (Lipinski definition) is 2. The molecular weight excluding hydrogens is 341 g/mol. The van der Waals surface area contributed by atoms with Gasteiger partial charge in [0.15, 0.2) is 0 Å². The van der Waals surface area contributed by atoms with Gasteiger partial charge >= 0.3 is 5.97 Å². The van der Waals surface area contributed by atoms with Crippen LogP contribution >= 0.6 is 0 Å². The predicted octanol–water partition coefficient (Wildman–Crippen LogP) is -0.541. The Kier molecular flexibility index (Phi) is 7.34. The summed E-state index contributed by atoms with van der Waals surface area (Å²) in [6.07, 6.45) is -0.495. The fourth-order valence-electron chi connectivity index (χ4n) is 0.246. The van der Waals surface area contributed by atoms with Crippen molar-refractivity contribution in [2.45, 2.75) is 11.7 Å². The quantitative estimate of drug-likeness (QED) is 0.530. The zero-order valence-corrected chi connectivity index (χ0v) is 7.69. The van der Waals surface area contributed by atoms with Crippen molar-refractivity contribution in [3.05, 3.63) is 0 Å². The van der Waals surface area contributed by atoms with Gasteiger partial charge in [-0.2, -0.15) is 0 Å². The summed E-state index contributed by atoms with van der Waals surface area (Å²) in [5.74, 6) is -2.44. The Morgan fingerprint density at radius 2 is 1.80 bits per heavy atom. The van der Waals surface area contributed by atoms with E-state index in [0.717, 1.165) is 0 Å². The van der Waals surface area contributed by atoms with E-state index < -0.39 is 23.6 Å². The van der Waals surface area contributed by atoms with Crippen LogP contribution in [-0.4, -0.2) is 27.4 Å². The minimum absolute atomic E-state index is 0. The van der Waals surface area contributed by atoms with E-state index in [1.165, 1.54) is 0 Å². The van der Waals surface area contributed by atoms with E-state index in [0.29, 0.717) is 0 Å². The molecule has 0 aromatic rings. The molecule has 0 amide bonds. The van der Waals surface area contributed by atoms with Crippen molar-refractivity contribution in [2.75, 3.05) is 0 Å². The van der Waals surface area contributed by atoms with Crippen molar-refractivity contribution in [1.82, 2.24) is 0 Å². The van der Waals surface area contributed by atoms with E-state index >= 15 is 0 Å². The van der Waals surface area contributed by atoms with Gasteiger partial charge in [-0.05, 0) is 0 Å². The Morgan fingerprint density at radius 3 is 1.90 bits per heavy atom. The summed E-state index contributed by atoms with van der Waals surface area (Å²) >= 11 is 4.26. The van der Waals surface area contributed by atoms with E-state index in [2.05, 4.69) is 12.6 Å². The third-order valence-electron chi connectivity index (χ3n) is 0.635. The third-order valence-corrected chi connectivity index (χ3v) is 1.00. The molecule has 4 nitrogen and oxygen atoms in total. The second kappa shape index (κ2) is 5.79. The fraction of sp³-hybridized carbons (Fsp3) is 0.500. The molecule has 0 aliphatic heterocycles. The van der Waals surface area contributed by atoms with Crippen molar-refractivity contribution in [3.8, 4) is 0 Å². The maximum absolute atomic E-state index is 9.87. The summed E-state index contributed by atoms with van der Waals surface area (Å²) in [7, 11) is 0. The van der Waals surface area contributed by atoms with Crippen LogP contribution in [0.1, 0.15) is 6.42 Å². The van der Waals surface area contributed by atoms with Crippen LogP contribution in [0.25, 0.3) is 0 Å². The SMILES string of the molecule is O=C(O)C[C@H]([S-])C(=O)O.[Au]. The normalized spacial score (nSPS) is 11.3. The maximum atomic E-state index is 9.87. The minimum Gasteiger partial charge on any atom is -0.778 e. The molecule has 0 spiro atoms. The first kappa shape index (κ1) is 12.7. The molecule has 0 aliphatic rings. The second-order valence-electron chi connectivity index (χ2n) is 1.42. The monoisotopic (exact) mass is 346 g/mol. The number of rotatable bonds is 3. The van der Waals surface area contributed by atoms with E-state index in [1.54, 1.807) is 0 Å². The van der Waals surface area contributed by atoms with Gasteiger partial charge < -0.3 is 22.8 Å². The van der Waals surface area contributed by atoms with Crippen LogP contribution in [-0.2, 0) is 44.6 Å². The van der Waals surface area contributed by atoms with Crippen LogP contribution in [0, 0.1) is 0 Å². The van der Waals surface area contributed by atoms with E-state index in [-0.39, 0.29) is 22.4 Å². The van der Waals surface area contributed by atoms with E-state index in [1.807, 2.05) is 0 Å². The molecule has 0 unspecified atom stereocenters. The molecule has 0 aliphatic carbocycles.